The molecule has 4 aromatic carbocycles. The van der Waals surface area contributed by atoms with Crippen LogP contribution in [0.15, 0.2) is 88.5 Å². The van der Waals surface area contributed by atoms with E-state index in [2.05, 4.69) is 22.8 Å². The van der Waals surface area contributed by atoms with Crippen LogP contribution in [0.4, 0.5) is 17.1 Å². The zero-order valence-corrected chi connectivity index (χ0v) is 17.8. The Morgan fingerprint density at radius 1 is 0.875 bits per heavy atom. The Morgan fingerprint density at radius 2 is 1.62 bits per heavy atom. The molecule has 162 valence electrons. The molecule has 0 spiro atoms. The van der Waals surface area contributed by atoms with Crippen molar-refractivity contribution in [1.82, 2.24) is 5.32 Å². The minimum absolute atomic E-state index is 0.0203. The van der Waals surface area contributed by atoms with Crippen LogP contribution in [0.1, 0.15) is 22.7 Å². The van der Waals surface area contributed by atoms with Crippen molar-refractivity contribution in [2.75, 3.05) is 24.7 Å². The summed E-state index contributed by atoms with van der Waals surface area (Å²) in [5.74, 6) is 0.794. The first-order valence-corrected chi connectivity index (χ1v) is 10.4. The normalized spacial score (nSPS) is 11.9. The summed E-state index contributed by atoms with van der Waals surface area (Å²) in [6.45, 7) is 0.781. The highest BCUT2D eigenvalue weighted by atomic mass is 16.5. The van der Waals surface area contributed by atoms with Gasteiger partial charge in [-0.05, 0) is 47.4 Å². The van der Waals surface area contributed by atoms with E-state index in [9.17, 15) is 9.59 Å². The predicted octanol–water partition coefficient (Wildman–Crippen LogP) is 3.54. The van der Waals surface area contributed by atoms with Gasteiger partial charge in [-0.15, -0.1) is 0 Å². The van der Waals surface area contributed by atoms with Crippen LogP contribution in [-0.4, -0.2) is 13.7 Å². The second-order valence-corrected chi connectivity index (χ2v) is 7.59. The Morgan fingerprint density at radius 3 is 2.31 bits per heavy atom. The SMILES string of the molecule is COc1ccc(C(NCCc2ccccc2)c2cccc(Nc3c(N)c(=O)c3=O)c2)cc1. The third-order valence-electron chi connectivity index (χ3n) is 5.49. The van der Waals surface area contributed by atoms with Gasteiger partial charge in [0.25, 0.3) is 10.9 Å². The van der Waals surface area contributed by atoms with Crippen molar-refractivity contribution < 1.29 is 4.74 Å². The molecule has 0 bridgehead atoms. The highest BCUT2D eigenvalue weighted by Crippen LogP contribution is 2.27. The number of methoxy groups -OCH3 is 1. The summed E-state index contributed by atoms with van der Waals surface area (Å²) in [5, 5.41) is 6.64. The summed E-state index contributed by atoms with van der Waals surface area (Å²) in [6, 6.07) is 25.9. The van der Waals surface area contributed by atoms with E-state index in [0.29, 0.717) is 5.69 Å². The average molecular weight is 428 g/mol. The van der Waals surface area contributed by atoms with Gasteiger partial charge in [0, 0.05) is 12.2 Å². The molecule has 1 atom stereocenters. The predicted molar refractivity (Wildman–Crippen MR) is 128 cm³/mol. The fourth-order valence-corrected chi connectivity index (χ4v) is 3.70. The summed E-state index contributed by atoms with van der Waals surface area (Å²) in [7, 11) is 1.65. The Kier molecular flexibility index (Phi) is 6.33. The lowest BCUT2D eigenvalue weighted by Crippen LogP contribution is -2.36. The molecule has 4 N–H and O–H groups in total. The third kappa shape index (κ3) is 4.55. The van der Waals surface area contributed by atoms with E-state index >= 15 is 0 Å². The van der Waals surface area contributed by atoms with Gasteiger partial charge in [0.15, 0.2) is 0 Å². The van der Waals surface area contributed by atoms with Crippen molar-refractivity contribution in [1.29, 1.82) is 0 Å². The summed E-state index contributed by atoms with van der Waals surface area (Å²) >= 11 is 0. The van der Waals surface area contributed by atoms with E-state index in [1.54, 1.807) is 7.11 Å². The van der Waals surface area contributed by atoms with Crippen molar-refractivity contribution in [2.45, 2.75) is 12.5 Å². The van der Waals surface area contributed by atoms with Gasteiger partial charge in [-0.1, -0.05) is 54.6 Å². The van der Waals surface area contributed by atoms with Crippen LogP contribution in [0.5, 0.6) is 5.75 Å². The van der Waals surface area contributed by atoms with E-state index in [4.69, 9.17) is 10.5 Å². The topological polar surface area (TPSA) is 93.4 Å². The molecule has 0 aromatic heterocycles. The zero-order chi connectivity index (χ0) is 22.5. The van der Waals surface area contributed by atoms with Crippen LogP contribution in [0, 0.1) is 0 Å². The Labute approximate surface area is 186 Å². The number of ether oxygens (including phenoxy) is 1. The van der Waals surface area contributed by atoms with Crippen LogP contribution in [-0.2, 0) is 6.42 Å². The summed E-state index contributed by atoms with van der Waals surface area (Å²) in [5.41, 5.74) is 8.65. The molecule has 0 saturated carbocycles. The molecule has 4 aromatic rings. The Bertz CT molecular complexity index is 1260. The molecular weight excluding hydrogens is 402 g/mol. The molecule has 4 rings (SSSR count). The van der Waals surface area contributed by atoms with Crippen LogP contribution in [0.25, 0.3) is 0 Å². The quantitative estimate of drug-likeness (QED) is 0.354. The number of hydrogen-bond donors (Lipinski definition) is 3. The Hall–Kier alpha value is -3.90. The van der Waals surface area contributed by atoms with Gasteiger partial charge in [-0.2, -0.15) is 0 Å². The number of nitrogens with two attached hydrogens (primary N) is 1. The first kappa shape index (κ1) is 21.3. The number of rotatable bonds is 9. The lowest BCUT2D eigenvalue weighted by atomic mass is 9.97. The van der Waals surface area contributed by atoms with Crippen molar-refractivity contribution >= 4 is 17.1 Å². The zero-order valence-electron chi connectivity index (χ0n) is 17.8. The lowest BCUT2D eigenvalue weighted by Gasteiger charge is -2.21. The van der Waals surface area contributed by atoms with Gasteiger partial charge in [0.05, 0.1) is 13.2 Å². The number of hydrogen-bond acceptors (Lipinski definition) is 6. The molecule has 6 nitrogen and oxygen atoms in total. The van der Waals surface area contributed by atoms with E-state index in [0.717, 1.165) is 29.8 Å². The highest BCUT2D eigenvalue weighted by molar-refractivity contribution is 5.76. The molecule has 0 amide bonds. The number of nitrogen functional groups attached to an aromatic ring is 1. The molecule has 1 unspecified atom stereocenters. The molecular formula is C26H25N3O3. The third-order valence-corrected chi connectivity index (χ3v) is 5.49. The highest BCUT2D eigenvalue weighted by Gasteiger charge is 2.19. The smallest absolute Gasteiger partial charge is 0.253 e. The van der Waals surface area contributed by atoms with Crippen molar-refractivity contribution in [3.8, 4) is 5.75 Å². The van der Waals surface area contributed by atoms with Crippen LogP contribution >= 0.6 is 0 Å². The van der Waals surface area contributed by atoms with Gasteiger partial charge in [0.2, 0.25) is 0 Å². The first-order valence-electron chi connectivity index (χ1n) is 10.4. The number of benzene rings is 3. The molecule has 32 heavy (non-hydrogen) atoms. The van der Waals surface area contributed by atoms with Gasteiger partial charge < -0.3 is 21.1 Å². The van der Waals surface area contributed by atoms with E-state index in [1.165, 1.54) is 5.56 Å². The van der Waals surface area contributed by atoms with Crippen molar-refractivity contribution in [2.24, 2.45) is 0 Å². The maximum atomic E-state index is 11.8. The number of anilines is 3. The molecule has 0 aliphatic heterocycles. The molecule has 0 saturated heterocycles. The largest absolute Gasteiger partial charge is 0.497 e. The molecule has 0 heterocycles. The van der Waals surface area contributed by atoms with E-state index in [-0.39, 0.29) is 17.4 Å². The lowest BCUT2D eigenvalue weighted by molar-refractivity contribution is 0.414. The van der Waals surface area contributed by atoms with Gasteiger partial charge in [-0.25, -0.2) is 0 Å². The number of nitrogens with one attached hydrogen (secondary N) is 2. The maximum absolute atomic E-state index is 11.8. The van der Waals surface area contributed by atoms with E-state index < -0.39 is 10.9 Å². The second kappa shape index (κ2) is 9.49. The van der Waals surface area contributed by atoms with Crippen molar-refractivity contribution in [3.05, 3.63) is 116 Å². The van der Waals surface area contributed by atoms with Crippen LogP contribution in [0.3, 0.4) is 0 Å². The van der Waals surface area contributed by atoms with Gasteiger partial charge in [-0.3, -0.25) is 9.59 Å². The summed E-state index contributed by atoms with van der Waals surface area (Å²) in [6.07, 6.45) is 0.894. The average Bonchev–Trinajstić information content (AvgIpc) is 2.85. The first-order chi connectivity index (χ1) is 15.6. The summed E-state index contributed by atoms with van der Waals surface area (Å²) < 4.78 is 5.30. The maximum Gasteiger partial charge on any atom is 0.253 e. The van der Waals surface area contributed by atoms with Crippen molar-refractivity contribution in [3.63, 3.8) is 0 Å². The van der Waals surface area contributed by atoms with Crippen LogP contribution in [0.2, 0.25) is 0 Å². The monoisotopic (exact) mass is 427 g/mol. The molecule has 0 radical (unpaired) electrons. The fourth-order valence-electron chi connectivity index (χ4n) is 3.70. The Balaban J connectivity index is 1.58. The van der Waals surface area contributed by atoms with E-state index in [1.807, 2.05) is 66.7 Å². The minimum atomic E-state index is -0.637. The second-order valence-electron chi connectivity index (χ2n) is 7.59. The van der Waals surface area contributed by atoms with Gasteiger partial charge in [0.1, 0.15) is 17.1 Å². The minimum Gasteiger partial charge on any atom is -0.497 e. The summed E-state index contributed by atoms with van der Waals surface area (Å²) in [4.78, 5) is 23.2. The molecule has 0 aliphatic carbocycles. The molecule has 6 heteroatoms. The van der Waals surface area contributed by atoms with Crippen LogP contribution < -0.4 is 32.0 Å². The fraction of sp³-hybridized carbons (Fsp3) is 0.154. The molecule has 0 aliphatic rings. The van der Waals surface area contributed by atoms with Gasteiger partial charge >= 0.3 is 0 Å². The molecule has 0 fully saturated rings. The standard InChI is InChI=1S/C26H25N3O3/c1-32-21-12-10-18(11-13-21)23(28-15-14-17-6-3-2-4-7-17)19-8-5-9-20(16-19)29-24-22(27)25(30)26(24)31/h2-13,16,23,28-29H,14-15,27H2,1H3.